The lowest BCUT2D eigenvalue weighted by atomic mass is 9.91. The van der Waals surface area contributed by atoms with E-state index in [-0.39, 0.29) is 17.9 Å². The third-order valence-electron chi connectivity index (χ3n) is 5.62. The Balaban J connectivity index is 1.82. The molecule has 6 heteroatoms. The number of hydrogen-bond acceptors (Lipinski definition) is 3. The average molecular weight is 436 g/mol. The number of benzene rings is 2. The summed E-state index contributed by atoms with van der Waals surface area (Å²) in [5.41, 5.74) is 5.15. The number of halogens is 1. The Labute approximate surface area is 187 Å². The molecule has 0 fully saturated rings. The zero-order chi connectivity index (χ0) is 22.0. The molecule has 31 heavy (non-hydrogen) atoms. The molecule has 0 atom stereocenters. The SMILES string of the molecule is CN(C)CCNC(=O)Cc1cc(-c2ccccc2)c(=O)n2c1-c1cc(Cl)ccc1CC2. The molecule has 4 rings (SSSR count). The van der Waals surface area contributed by atoms with Crippen molar-refractivity contribution in [1.29, 1.82) is 0 Å². The largest absolute Gasteiger partial charge is 0.355 e. The molecule has 160 valence electrons. The highest BCUT2D eigenvalue weighted by Gasteiger charge is 2.24. The van der Waals surface area contributed by atoms with E-state index in [2.05, 4.69) is 5.32 Å². The standard InChI is InChI=1S/C25H26ClN3O2/c1-28(2)13-11-27-23(30)15-19-14-22(17-6-4-3-5-7-17)25(31)29-12-10-18-8-9-20(26)16-21(18)24(19)29/h3-9,14,16H,10-13,15H2,1-2H3,(H,27,30). The monoisotopic (exact) mass is 435 g/mol. The minimum Gasteiger partial charge on any atom is -0.355 e. The van der Waals surface area contributed by atoms with Gasteiger partial charge in [0.05, 0.1) is 12.1 Å². The molecule has 0 bridgehead atoms. The zero-order valence-corrected chi connectivity index (χ0v) is 18.6. The molecule has 1 aliphatic heterocycles. The van der Waals surface area contributed by atoms with Gasteiger partial charge in [-0.2, -0.15) is 0 Å². The maximum absolute atomic E-state index is 13.4. The van der Waals surface area contributed by atoms with Gasteiger partial charge in [0, 0.05) is 35.8 Å². The summed E-state index contributed by atoms with van der Waals surface area (Å²) in [5.74, 6) is -0.0588. The van der Waals surface area contributed by atoms with Gasteiger partial charge in [0.15, 0.2) is 0 Å². The van der Waals surface area contributed by atoms with E-state index in [0.717, 1.165) is 40.9 Å². The number of aryl methyl sites for hydroxylation is 1. The van der Waals surface area contributed by atoms with Crippen molar-refractivity contribution < 1.29 is 4.79 Å². The second-order valence-electron chi connectivity index (χ2n) is 8.14. The number of rotatable bonds is 6. The lowest BCUT2D eigenvalue weighted by Crippen LogP contribution is -2.34. The van der Waals surface area contributed by atoms with Crippen LogP contribution in [0.3, 0.4) is 0 Å². The molecular weight excluding hydrogens is 410 g/mol. The van der Waals surface area contributed by atoms with E-state index in [9.17, 15) is 9.59 Å². The van der Waals surface area contributed by atoms with Crippen LogP contribution in [0.25, 0.3) is 22.4 Å². The number of likely N-dealkylation sites (N-methyl/N-ethyl adjacent to an activating group) is 1. The third kappa shape index (κ3) is 4.58. The quantitative estimate of drug-likeness (QED) is 0.643. The lowest BCUT2D eigenvalue weighted by Gasteiger charge is -2.26. The molecule has 2 aromatic carbocycles. The van der Waals surface area contributed by atoms with E-state index in [1.54, 1.807) is 0 Å². The van der Waals surface area contributed by atoms with Crippen molar-refractivity contribution in [2.24, 2.45) is 0 Å². The van der Waals surface area contributed by atoms with Gasteiger partial charge in [0.2, 0.25) is 5.91 Å². The Morgan fingerprint density at radius 1 is 1.10 bits per heavy atom. The molecule has 0 unspecified atom stereocenters. The van der Waals surface area contributed by atoms with Crippen LogP contribution < -0.4 is 10.9 Å². The predicted molar refractivity (Wildman–Crippen MR) is 126 cm³/mol. The van der Waals surface area contributed by atoms with Gasteiger partial charge in [-0.3, -0.25) is 9.59 Å². The molecule has 5 nitrogen and oxygen atoms in total. The first kappa shape index (κ1) is 21.3. The minimum atomic E-state index is -0.0588. The number of pyridine rings is 1. The maximum atomic E-state index is 13.4. The summed E-state index contributed by atoms with van der Waals surface area (Å²) in [6, 6.07) is 17.3. The fourth-order valence-electron chi connectivity index (χ4n) is 4.09. The van der Waals surface area contributed by atoms with E-state index < -0.39 is 0 Å². The van der Waals surface area contributed by atoms with Crippen LogP contribution in [-0.2, 0) is 24.2 Å². The van der Waals surface area contributed by atoms with Gasteiger partial charge in [-0.15, -0.1) is 0 Å². The number of aromatic nitrogens is 1. The topological polar surface area (TPSA) is 54.3 Å². The Morgan fingerprint density at radius 3 is 2.61 bits per heavy atom. The van der Waals surface area contributed by atoms with Crippen LogP contribution in [0.15, 0.2) is 59.4 Å². The van der Waals surface area contributed by atoms with E-state index in [1.807, 2.05) is 78.2 Å². The number of carbonyl (C=O) groups is 1. The lowest BCUT2D eigenvalue weighted by molar-refractivity contribution is -0.120. The summed E-state index contributed by atoms with van der Waals surface area (Å²) in [6.45, 7) is 1.93. The summed E-state index contributed by atoms with van der Waals surface area (Å²) in [5, 5.41) is 3.60. The van der Waals surface area contributed by atoms with Crippen LogP contribution in [0, 0.1) is 0 Å². The molecule has 2 heterocycles. The van der Waals surface area contributed by atoms with Crippen LogP contribution in [-0.4, -0.2) is 42.6 Å². The molecule has 1 N–H and O–H groups in total. The van der Waals surface area contributed by atoms with E-state index in [4.69, 9.17) is 11.6 Å². The Hall–Kier alpha value is -2.89. The number of fused-ring (bicyclic) bond motifs is 3. The third-order valence-corrected chi connectivity index (χ3v) is 5.85. The van der Waals surface area contributed by atoms with Gasteiger partial charge in [-0.1, -0.05) is 48.0 Å². The summed E-state index contributed by atoms with van der Waals surface area (Å²) in [7, 11) is 3.94. The van der Waals surface area contributed by atoms with Gasteiger partial charge in [0.25, 0.3) is 5.56 Å². The van der Waals surface area contributed by atoms with Gasteiger partial charge < -0.3 is 14.8 Å². The van der Waals surface area contributed by atoms with Crippen LogP contribution in [0.2, 0.25) is 5.02 Å². The molecule has 0 aliphatic carbocycles. The first-order valence-corrected chi connectivity index (χ1v) is 10.8. The van der Waals surface area contributed by atoms with Crippen molar-refractivity contribution >= 4 is 17.5 Å². The summed E-state index contributed by atoms with van der Waals surface area (Å²) < 4.78 is 1.81. The molecule has 1 amide bonds. The smallest absolute Gasteiger partial charge is 0.258 e. The Kier molecular flexibility index (Phi) is 6.25. The second-order valence-corrected chi connectivity index (χ2v) is 8.57. The summed E-state index contributed by atoms with van der Waals surface area (Å²) in [4.78, 5) is 28.2. The number of nitrogens with zero attached hydrogens (tertiary/aromatic N) is 2. The highest BCUT2D eigenvalue weighted by Crippen LogP contribution is 2.35. The highest BCUT2D eigenvalue weighted by molar-refractivity contribution is 6.30. The molecule has 0 radical (unpaired) electrons. The molecular formula is C25H26ClN3O2. The second kappa shape index (κ2) is 9.08. The number of carbonyl (C=O) groups excluding carboxylic acids is 1. The molecule has 1 aromatic heterocycles. The number of amides is 1. The molecule has 0 saturated carbocycles. The van der Waals surface area contributed by atoms with Gasteiger partial charge in [-0.05, 0) is 55.4 Å². The highest BCUT2D eigenvalue weighted by atomic mass is 35.5. The van der Waals surface area contributed by atoms with E-state index in [1.165, 1.54) is 0 Å². The van der Waals surface area contributed by atoms with Gasteiger partial charge >= 0.3 is 0 Å². The van der Waals surface area contributed by atoms with Crippen molar-refractivity contribution in [1.82, 2.24) is 14.8 Å². The minimum absolute atomic E-state index is 0.0383. The predicted octanol–water partition coefficient (Wildman–Crippen LogP) is 3.61. The van der Waals surface area contributed by atoms with E-state index >= 15 is 0 Å². The van der Waals surface area contributed by atoms with Crippen molar-refractivity contribution in [2.45, 2.75) is 19.4 Å². The fraction of sp³-hybridized carbons (Fsp3) is 0.280. The average Bonchev–Trinajstić information content (AvgIpc) is 2.75. The van der Waals surface area contributed by atoms with Crippen molar-refractivity contribution in [2.75, 3.05) is 27.2 Å². The molecule has 1 aliphatic rings. The molecule has 0 spiro atoms. The van der Waals surface area contributed by atoms with Gasteiger partial charge in [-0.25, -0.2) is 0 Å². The first-order valence-electron chi connectivity index (χ1n) is 10.5. The first-order chi connectivity index (χ1) is 14.9. The Morgan fingerprint density at radius 2 is 1.87 bits per heavy atom. The summed E-state index contributed by atoms with van der Waals surface area (Å²) >= 11 is 6.30. The normalized spacial score (nSPS) is 12.4. The van der Waals surface area contributed by atoms with Crippen LogP contribution in [0.4, 0.5) is 0 Å². The van der Waals surface area contributed by atoms with Crippen LogP contribution in [0.5, 0.6) is 0 Å². The van der Waals surface area contributed by atoms with Crippen LogP contribution >= 0.6 is 11.6 Å². The van der Waals surface area contributed by atoms with Crippen molar-refractivity contribution in [3.63, 3.8) is 0 Å². The molecule has 0 saturated heterocycles. The number of nitrogens with one attached hydrogen (secondary N) is 1. The van der Waals surface area contributed by atoms with Crippen molar-refractivity contribution in [3.05, 3.63) is 81.1 Å². The summed E-state index contributed by atoms with van der Waals surface area (Å²) in [6.07, 6.45) is 0.959. The number of hydrogen-bond donors (Lipinski definition) is 1. The maximum Gasteiger partial charge on any atom is 0.258 e. The Bertz CT molecular complexity index is 1170. The van der Waals surface area contributed by atoms with E-state index in [0.29, 0.717) is 23.7 Å². The van der Waals surface area contributed by atoms with Gasteiger partial charge in [0.1, 0.15) is 0 Å². The van der Waals surface area contributed by atoms with Crippen LogP contribution in [0.1, 0.15) is 11.1 Å². The zero-order valence-electron chi connectivity index (χ0n) is 17.8. The molecule has 3 aromatic rings. The van der Waals surface area contributed by atoms with Crippen molar-refractivity contribution in [3.8, 4) is 22.4 Å². The fourth-order valence-corrected chi connectivity index (χ4v) is 4.26.